The molecule has 0 bridgehead atoms. The fourth-order valence-electron chi connectivity index (χ4n) is 4.14. The lowest BCUT2D eigenvalue weighted by Gasteiger charge is -2.08. The molecule has 5 aromatic rings. The lowest BCUT2D eigenvalue weighted by Crippen LogP contribution is -1.99. The Morgan fingerprint density at radius 1 is 0.917 bits per heavy atom. The molecule has 10 nitrogen and oxygen atoms in total. The van der Waals surface area contributed by atoms with Crippen molar-refractivity contribution in [2.75, 3.05) is 21.3 Å². The first-order chi connectivity index (χ1) is 17.5. The van der Waals surface area contributed by atoms with Crippen molar-refractivity contribution in [1.82, 2.24) is 24.1 Å². The van der Waals surface area contributed by atoms with Gasteiger partial charge < -0.3 is 19.0 Å². The first-order valence-corrected chi connectivity index (χ1v) is 11.3. The Labute approximate surface area is 207 Å². The number of rotatable bonds is 8. The first kappa shape index (κ1) is 23.2. The van der Waals surface area contributed by atoms with Gasteiger partial charge in [-0.1, -0.05) is 5.16 Å². The van der Waals surface area contributed by atoms with Crippen LogP contribution in [-0.4, -0.2) is 51.7 Å². The number of hydrogen-bond donors (Lipinski definition) is 0. The third kappa shape index (κ3) is 4.06. The second-order valence-electron chi connectivity index (χ2n) is 8.11. The van der Waals surface area contributed by atoms with E-state index in [0.717, 1.165) is 44.9 Å². The van der Waals surface area contributed by atoms with Gasteiger partial charge >= 0.3 is 0 Å². The van der Waals surface area contributed by atoms with E-state index < -0.39 is 0 Å². The predicted octanol–water partition coefficient (Wildman–Crippen LogP) is 4.26. The minimum Gasteiger partial charge on any atom is -0.497 e. The van der Waals surface area contributed by atoms with E-state index in [2.05, 4.69) is 33.7 Å². The smallest absolute Gasteiger partial charge is 0.192 e. The number of aromatic nitrogens is 5. The molecule has 184 valence electrons. The molecule has 0 saturated carbocycles. The van der Waals surface area contributed by atoms with Crippen LogP contribution in [0, 0.1) is 13.8 Å². The average Bonchev–Trinajstić information content (AvgIpc) is 3.44. The van der Waals surface area contributed by atoms with Gasteiger partial charge in [-0.25, -0.2) is 14.5 Å². The zero-order valence-electron chi connectivity index (χ0n) is 20.7. The summed E-state index contributed by atoms with van der Waals surface area (Å²) in [6, 6.07) is 13.4. The lowest BCUT2D eigenvalue weighted by atomic mass is 10.2. The molecule has 0 fully saturated rings. The summed E-state index contributed by atoms with van der Waals surface area (Å²) < 4.78 is 19.6. The van der Waals surface area contributed by atoms with Crippen LogP contribution in [0.2, 0.25) is 0 Å². The van der Waals surface area contributed by atoms with E-state index in [0.29, 0.717) is 17.3 Å². The van der Waals surface area contributed by atoms with Gasteiger partial charge in [0.2, 0.25) is 0 Å². The number of benzene rings is 2. The third-order valence-electron chi connectivity index (χ3n) is 6.08. The molecule has 0 aliphatic rings. The Hall–Kier alpha value is -4.60. The fourth-order valence-corrected chi connectivity index (χ4v) is 4.14. The van der Waals surface area contributed by atoms with Crippen molar-refractivity contribution in [2.45, 2.75) is 20.5 Å². The largest absolute Gasteiger partial charge is 0.497 e. The Morgan fingerprint density at radius 2 is 1.69 bits per heavy atom. The van der Waals surface area contributed by atoms with E-state index in [1.807, 2.05) is 42.5 Å². The monoisotopic (exact) mass is 486 g/mol. The molecule has 5 rings (SSSR count). The first-order valence-electron chi connectivity index (χ1n) is 11.3. The molecule has 0 saturated heterocycles. The van der Waals surface area contributed by atoms with Gasteiger partial charge in [-0.2, -0.15) is 0 Å². The minimum absolute atomic E-state index is 0.115. The van der Waals surface area contributed by atoms with Gasteiger partial charge in [0.15, 0.2) is 35.2 Å². The van der Waals surface area contributed by atoms with E-state index in [1.54, 1.807) is 38.4 Å². The molecular weight excluding hydrogens is 460 g/mol. The van der Waals surface area contributed by atoms with Crippen molar-refractivity contribution in [3.8, 4) is 22.9 Å². The van der Waals surface area contributed by atoms with Crippen molar-refractivity contribution < 1.29 is 19.0 Å². The lowest BCUT2D eigenvalue weighted by molar-refractivity contribution is 0.126. The molecule has 3 aromatic heterocycles. The number of ether oxygens (including phenoxy) is 3. The van der Waals surface area contributed by atoms with Gasteiger partial charge in [0.25, 0.3) is 0 Å². The van der Waals surface area contributed by atoms with Crippen LogP contribution in [0.4, 0.5) is 0 Å². The van der Waals surface area contributed by atoms with E-state index in [4.69, 9.17) is 24.0 Å². The van der Waals surface area contributed by atoms with Crippen LogP contribution in [0.5, 0.6) is 17.2 Å². The zero-order valence-corrected chi connectivity index (χ0v) is 20.7. The van der Waals surface area contributed by atoms with Crippen LogP contribution in [-0.2, 0) is 11.4 Å². The van der Waals surface area contributed by atoms with Crippen LogP contribution in [0.25, 0.3) is 22.4 Å². The van der Waals surface area contributed by atoms with Gasteiger partial charge in [0.05, 0.1) is 32.9 Å². The molecule has 36 heavy (non-hydrogen) atoms. The predicted molar refractivity (Wildman–Crippen MR) is 136 cm³/mol. The number of fused-ring (bicyclic) bond motifs is 3. The minimum atomic E-state index is 0.115. The van der Waals surface area contributed by atoms with Crippen LogP contribution in [0.15, 0.2) is 53.9 Å². The number of methoxy groups -OCH3 is 3. The molecule has 0 unspecified atom stereocenters. The van der Waals surface area contributed by atoms with Crippen molar-refractivity contribution in [1.29, 1.82) is 0 Å². The SMILES string of the molecule is COc1ccc(-n2c(C)c(C)c3c2ncn2nc(CO/N=C/c4ccc(OC)c(OC)c4)nc32)cc1. The Bertz CT molecular complexity index is 1570. The van der Waals surface area contributed by atoms with Gasteiger partial charge in [-0.3, -0.25) is 4.57 Å². The quantitative estimate of drug-likeness (QED) is 0.239. The summed E-state index contributed by atoms with van der Waals surface area (Å²) in [5.41, 5.74) is 5.51. The third-order valence-corrected chi connectivity index (χ3v) is 6.08. The van der Waals surface area contributed by atoms with E-state index in [1.165, 1.54) is 0 Å². The van der Waals surface area contributed by atoms with E-state index >= 15 is 0 Å². The maximum absolute atomic E-state index is 5.47. The Balaban J connectivity index is 1.40. The summed E-state index contributed by atoms with van der Waals surface area (Å²) >= 11 is 0. The Morgan fingerprint density at radius 3 is 2.42 bits per heavy atom. The molecule has 10 heteroatoms. The van der Waals surface area contributed by atoms with Gasteiger partial charge in [0.1, 0.15) is 12.1 Å². The molecule has 3 heterocycles. The highest BCUT2D eigenvalue weighted by molar-refractivity contribution is 5.95. The summed E-state index contributed by atoms with van der Waals surface area (Å²) in [5.74, 6) is 2.57. The van der Waals surface area contributed by atoms with E-state index in [-0.39, 0.29) is 6.61 Å². The standard InChI is InChI=1S/C26H26N6O4/c1-16-17(2)32(19-7-9-20(33-3)10-8-19)25-24(16)26-29-23(30-31(26)15-27-25)14-36-28-13-18-6-11-21(34-4)22(12-18)35-5/h6-13,15H,14H2,1-5H3/b28-13+. The molecule has 0 aliphatic carbocycles. The second kappa shape index (κ2) is 9.57. The number of oxime groups is 1. The number of nitrogens with zero attached hydrogens (tertiary/aromatic N) is 6. The van der Waals surface area contributed by atoms with Crippen molar-refractivity contribution in [3.63, 3.8) is 0 Å². The van der Waals surface area contributed by atoms with Gasteiger partial charge in [0, 0.05) is 16.9 Å². The summed E-state index contributed by atoms with van der Waals surface area (Å²) in [5, 5.41) is 9.51. The molecule has 0 spiro atoms. The second-order valence-corrected chi connectivity index (χ2v) is 8.11. The topological polar surface area (TPSA) is 97.3 Å². The maximum atomic E-state index is 5.47. The van der Waals surface area contributed by atoms with Gasteiger partial charge in [-0.15, -0.1) is 5.10 Å². The van der Waals surface area contributed by atoms with E-state index in [9.17, 15) is 0 Å². The normalized spacial score (nSPS) is 11.5. The highest BCUT2D eigenvalue weighted by Gasteiger charge is 2.19. The molecule has 0 radical (unpaired) electrons. The molecular formula is C26H26N6O4. The highest BCUT2D eigenvalue weighted by Crippen LogP contribution is 2.30. The van der Waals surface area contributed by atoms with Crippen molar-refractivity contribution in [2.24, 2.45) is 5.16 Å². The number of hydrogen-bond acceptors (Lipinski definition) is 8. The maximum Gasteiger partial charge on any atom is 0.192 e. The summed E-state index contributed by atoms with van der Waals surface area (Å²) in [7, 11) is 4.84. The molecule has 0 amide bonds. The summed E-state index contributed by atoms with van der Waals surface area (Å²) in [6.07, 6.45) is 3.26. The molecule has 2 aromatic carbocycles. The van der Waals surface area contributed by atoms with Crippen LogP contribution < -0.4 is 14.2 Å². The summed E-state index contributed by atoms with van der Waals surface area (Å²) in [4.78, 5) is 14.9. The summed E-state index contributed by atoms with van der Waals surface area (Å²) in [6.45, 7) is 4.25. The van der Waals surface area contributed by atoms with Crippen LogP contribution >= 0.6 is 0 Å². The zero-order chi connectivity index (χ0) is 25.2. The fraction of sp³-hybridized carbons (Fsp3) is 0.231. The molecule has 0 N–H and O–H groups in total. The molecule has 0 atom stereocenters. The van der Waals surface area contributed by atoms with Crippen LogP contribution in [0.3, 0.4) is 0 Å². The number of aryl methyl sites for hydroxylation is 1. The molecule has 0 aliphatic heterocycles. The van der Waals surface area contributed by atoms with Crippen molar-refractivity contribution in [3.05, 3.63) is 71.4 Å². The average molecular weight is 487 g/mol. The Kier molecular flexibility index (Phi) is 6.16. The highest BCUT2D eigenvalue weighted by atomic mass is 16.6. The van der Waals surface area contributed by atoms with Crippen LogP contribution in [0.1, 0.15) is 22.6 Å². The van der Waals surface area contributed by atoms with Gasteiger partial charge in [-0.05, 0) is 61.9 Å². The van der Waals surface area contributed by atoms with Crippen molar-refractivity contribution >= 4 is 22.9 Å².